The number of thioether (sulfide) groups is 2. The van der Waals surface area contributed by atoms with E-state index in [0.29, 0.717) is 60.2 Å². The molecular weight excluding hydrogens is 1570 g/mol. The Labute approximate surface area is 668 Å². The Morgan fingerprint density at radius 2 is 1.02 bits per heavy atom. The number of H-pyrrole nitrogens is 2. The number of ether oxygens (including phenoxy) is 8. The number of piperazine rings is 2. The molecule has 0 aliphatic carbocycles. The van der Waals surface area contributed by atoms with Crippen molar-refractivity contribution in [3.05, 3.63) is 171 Å². The predicted octanol–water partition coefficient (Wildman–Crippen LogP) is 8.07. The summed E-state index contributed by atoms with van der Waals surface area (Å²) < 4.78 is 49.3. The molecular formula is C81H88AgN10O18S2. The maximum absolute atomic E-state index is 14.9. The molecule has 0 amide bonds. The monoisotopic (exact) mass is 1660 g/mol. The normalized spacial score (nSPS) is 30.1. The van der Waals surface area contributed by atoms with Crippen LogP contribution in [0.25, 0.3) is 21.8 Å². The third-order valence-corrected chi connectivity index (χ3v) is 29.3. The summed E-state index contributed by atoms with van der Waals surface area (Å²) in [5.41, 5.74) is 16.1. The van der Waals surface area contributed by atoms with Gasteiger partial charge in [0, 0.05) is 119 Å². The van der Waals surface area contributed by atoms with Crippen LogP contribution >= 0.6 is 23.5 Å². The van der Waals surface area contributed by atoms with Gasteiger partial charge in [-0.15, -0.1) is 33.6 Å². The Hall–Kier alpha value is -8.49. The van der Waals surface area contributed by atoms with Crippen LogP contribution < -0.4 is 39.1 Å². The number of nitrogens with zero attached hydrogens (tertiary/aromatic N) is 6. The Kier molecular flexibility index (Phi) is 19.2. The number of likely N-dealkylation sites (N-methyl/N-ethyl adjacent to an activating group) is 2. The maximum atomic E-state index is 14.9. The van der Waals surface area contributed by atoms with Gasteiger partial charge in [0.15, 0.2) is 57.1 Å². The molecule has 2 aromatic heterocycles. The van der Waals surface area contributed by atoms with E-state index in [-0.39, 0.29) is 144 Å². The summed E-state index contributed by atoms with van der Waals surface area (Å²) in [5, 5.41) is 91.2. The number of benzene rings is 6. The average Bonchev–Trinajstić information content (AvgIpc) is 0.936. The van der Waals surface area contributed by atoms with Crippen molar-refractivity contribution < 1.29 is 106 Å². The van der Waals surface area contributed by atoms with Gasteiger partial charge >= 0.3 is 11.9 Å². The van der Waals surface area contributed by atoms with Crippen LogP contribution in [0.3, 0.4) is 0 Å². The molecule has 4 saturated heterocycles. The van der Waals surface area contributed by atoms with E-state index in [1.165, 1.54) is 0 Å². The number of nitrogens with one attached hydrogen (secondary N) is 4. The molecule has 16 atom stereocenters. The Morgan fingerprint density at radius 3 is 1.46 bits per heavy atom. The van der Waals surface area contributed by atoms with Crippen molar-refractivity contribution in [3.63, 3.8) is 0 Å². The number of aromatic nitrogens is 2. The molecule has 22 rings (SSSR count). The minimum Gasteiger partial charge on any atom is -0.504 e. The van der Waals surface area contributed by atoms with Crippen molar-refractivity contribution >= 4 is 57.3 Å². The van der Waals surface area contributed by atoms with E-state index in [1.807, 2.05) is 57.3 Å². The first-order valence-electron chi connectivity index (χ1n) is 37.5. The van der Waals surface area contributed by atoms with Crippen LogP contribution in [0.15, 0.2) is 60.7 Å². The van der Waals surface area contributed by atoms with Gasteiger partial charge < -0.3 is 78.6 Å². The van der Waals surface area contributed by atoms with Gasteiger partial charge in [0.1, 0.15) is 25.5 Å². The van der Waals surface area contributed by atoms with E-state index < -0.39 is 52.5 Å². The van der Waals surface area contributed by atoms with Gasteiger partial charge in [-0.2, -0.15) is 5.26 Å². The molecule has 16 heterocycles. The number of nitriles is 1. The van der Waals surface area contributed by atoms with E-state index in [0.717, 1.165) is 122 Å². The molecule has 8 aromatic rings. The third-order valence-electron chi connectivity index (χ3n) is 26.3. The number of hydrogen-bond acceptors (Lipinski definition) is 26. The second kappa shape index (κ2) is 28.2. The molecule has 4 fully saturated rings. The number of phenolic OH excluding ortho intramolecular Hbond substituents is 2. The molecule has 593 valence electrons. The first kappa shape index (κ1) is 76.2. The molecule has 14 aliphatic rings. The second-order valence-corrected chi connectivity index (χ2v) is 33.7. The molecule has 10 N–H and O–H groups in total. The fourth-order valence-corrected chi connectivity index (χ4v) is 24.9. The van der Waals surface area contributed by atoms with Crippen LogP contribution in [0.5, 0.6) is 46.0 Å². The summed E-state index contributed by atoms with van der Waals surface area (Å²) in [4.78, 5) is 54.2. The zero-order valence-corrected chi connectivity index (χ0v) is 66.3. The number of phenols is 2. The Bertz CT molecular complexity index is 5300. The van der Waals surface area contributed by atoms with Gasteiger partial charge in [0.05, 0.1) is 75.1 Å². The molecule has 14 aliphatic heterocycles. The van der Waals surface area contributed by atoms with Crippen LogP contribution in [-0.4, -0.2) is 206 Å². The van der Waals surface area contributed by atoms with Crippen molar-refractivity contribution in [1.82, 2.24) is 40.2 Å². The largest absolute Gasteiger partial charge is 0.504 e. The van der Waals surface area contributed by atoms with E-state index in [1.54, 1.807) is 37.7 Å². The van der Waals surface area contributed by atoms with Crippen molar-refractivity contribution in [1.29, 1.82) is 5.26 Å². The number of methoxy groups -OCH3 is 2. The number of fused-ring (bicyclic) bond motifs is 22. The van der Waals surface area contributed by atoms with Crippen LogP contribution in [-0.2, 0) is 78.2 Å². The summed E-state index contributed by atoms with van der Waals surface area (Å²) in [6.07, 6.45) is 1.26. The van der Waals surface area contributed by atoms with E-state index >= 15 is 0 Å². The summed E-state index contributed by atoms with van der Waals surface area (Å²) >= 11 is 3.29. The molecule has 6 aromatic carbocycles. The molecule has 8 bridgehead atoms. The molecule has 112 heavy (non-hydrogen) atoms. The van der Waals surface area contributed by atoms with Crippen molar-refractivity contribution in [2.45, 2.75) is 161 Å². The van der Waals surface area contributed by atoms with E-state index in [9.17, 15) is 40.4 Å². The summed E-state index contributed by atoms with van der Waals surface area (Å²) in [5.74, 6) is 3.44. The molecule has 1 radical (unpaired) electrons. The standard InChI is InChI=1S/C41H43N5O7S.C40H44N4O8S.Ag.HNO3/c1-18-10-21-11-26-27(13-42)46-28-15-51-40(49)41(39-24(12-22(14-47)44-41)23-8-6-7-9-25(23)43-39)16-54-38(29-19(2)20(3)36-37(31(28)29)53-17-52-36)33(46)32(45(26)4)30(21)34(48)35(18)50-5;1-17-10-20-11-25-38(47)44-26-14-50-39(48)40(37-23(12-21(13-45)42-40)22-8-6-7-9-24(22)41-37)15-53-36(27-18(2)19(3)34-35(29(26)27)52-16-51-34)31(44)30(43(25)4)28(20)32(46)33(17)49-5;;2-1(3)4/h6-10,22,26-28,32-33,38,43-44,47-48H,11-12,14-17H2,1-5H3;6-10,21,25-26,30-31,36,38,41-42,45-47H,11-16H2,1-5H3;;(H,2,3,4)/t22-,26-,27-,28-,32+,33+,38+,41+;21-,25-,26-,30+,31+,36+,38-,40+;;/m00../s1. The number of hydrogen-bond donors (Lipinski definition) is 10. The first-order chi connectivity index (χ1) is 53.4. The molecule has 0 unspecified atom stereocenters. The first-order valence-corrected chi connectivity index (χ1v) is 39.6. The number of esters is 2. The minimum atomic E-state index is -1.50. The number of aromatic hydroxyl groups is 2. The maximum Gasteiger partial charge on any atom is 0.333 e. The van der Waals surface area contributed by atoms with Gasteiger partial charge in [-0.25, -0.2) is 9.59 Å². The fourth-order valence-electron chi connectivity index (χ4n) is 21.5. The quantitative estimate of drug-likeness (QED) is 0.0344. The van der Waals surface area contributed by atoms with Crippen LogP contribution in [0.2, 0.25) is 0 Å². The van der Waals surface area contributed by atoms with Crippen molar-refractivity contribution in [2.75, 3.05) is 79.8 Å². The molecule has 31 heteroatoms. The van der Waals surface area contributed by atoms with Gasteiger partial charge in [-0.05, 0) is 160 Å². The summed E-state index contributed by atoms with van der Waals surface area (Å²) in [7, 11) is 7.26. The van der Waals surface area contributed by atoms with Crippen LogP contribution in [0.1, 0.15) is 135 Å². The van der Waals surface area contributed by atoms with E-state index in [2.05, 4.69) is 105 Å². The number of aliphatic hydroxyl groups excluding tert-OH is 3. The smallest absolute Gasteiger partial charge is 0.333 e. The van der Waals surface area contributed by atoms with Gasteiger partial charge in [-0.3, -0.25) is 30.2 Å². The van der Waals surface area contributed by atoms with Gasteiger partial charge in [0.25, 0.3) is 5.09 Å². The number of aromatic amines is 2. The number of para-hydroxylation sites is 2. The van der Waals surface area contributed by atoms with Crippen LogP contribution in [0, 0.1) is 63.0 Å². The fraction of sp³-hybridized carbons (Fsp3) is 0.469. The molecule has 0 saturated carbocycles. The number of carbonyl (C=O) groups is 2. The van der Waals surface area contributed by atoms with Crippen LogP contribution in [0.4, 0.5) is 0 Å². The Morgan fingerprint density at radius 1 is 0.607 bits per heavy atom. The predicted molar refractivity (Wildman–Crippen MR) is 407 cm³/mol. The van der Waals surface area contributed by atoms with Crippen molar-refractivity contribution in [3.8, 4) is 52.1 Å². The molecule has 28 nitrogen and oxygen atoms in total. The number of carbonyl (C=O) groups excluding carboxylic acids is 2. The van der Waals surface area contributed by atoms with Gasteiger partial charge in [-0.1, -0.05) is 48.5 Å². The van der Waals surface area contributed by atoms with Crippen molar-refractivity contribution in [2.24, 2.45) is 0 Å². The second-order valence-electron chi connectivity index (χ2n) is 31.5. The summed E-state index contributed by atoms with van der Waals surface area (Å²) in [6.45, 7) is 12.0. The average molecular weight is 1660 g/mol. The zero-order valence-electron chi connectivity index (χ0n) is 63.2. The summed E-state index contributed by atoms with van der Waals surface area (Å²) in [6, 6.07) is 18.6. The third kappa shape index (κ3) is 10.8. The number of rotatable bonds is 4. The number of aliphatic hydroxyl groups is 3. The van der Waals surface area contributed by atoms with E-state index in [4.69, 9.17) is 53.2 Å². The zero-order chi connectivity index (χ0) is 77.6. The SMILES string of the molecule is COc1c(C)cc2c(c1O)[C@@H]1[C@@H]3[C@@H]4SC[C@]5(N[C@H](CO)Cc6c5[nH]c5ccccc65)C(=O)OC[C@@H](c5c6c(c(C)c(C)c54)OCO6)N3[C@@H](C#N)[C@H](C2)N1C.COc1c(C)cc2c(c1O)[C@@H]1[C@@H]3[C@@H]4SC[C@]5(N[C@H](CO)Cc6c5[nH]c5ccccc65)C(=O)OC[C@@H](c5c6c(c(C)c(C)c54)OCO6)N3[C@@H](O)[C@H](C2)N1C.O=[N+]([O-])O.[Ag]. The minimum absolute atomic E-state index is 0. The van der Waals surface area contributed by atoms with Gasteiger partial charge in [0.2, 0.25) is 13.6 Å². The Balaban J connectivity index is 0.000000154. The number of aryl methyl sites for hydroxylation is 2. The topological polar surface area (TPSA) is 365 Å². The molecule has 2 spiro atoms.